The molecule has 1 atom stereocenters. The Morgan fingerprint density at radius 2 is 2.19 bits per heavy atom. The minimum Gasteiger partial charge on any atom is -0.288 e. The summed E-state index contributed by atoms with van der Waals surface area (Å²) in [5.41, 5.74) is 0.622. The van der Waals surface area contributed by atoms with Crippen LogP contribution in [0.1, 0.15) is 29.6 Å². The second-order valence-electron chi connectivity index (χ2n) is 4.68. The molecule has 21 heavy (non-hydrogen) atoms. The lowest BCUT2D eigenvalue weighted by Crippen LogP contribution is -2.26. The van der Waals surface area contributed by atoms with Gasteiger partial charge in [-0.2, -0.15) is 0 Å². The average Bonchev–Trinajstić information content (AvgIpc) is 3.02. The van der Waals surface area contributed by atoms with Crippen molar-refractivity contribution >= 4 is 33.8 Å². The standard InChI is InChI=1S/C15H14ClN3OS/c1-2-11(16)14-18-12-6-4-3-5-10(12)15(20)19(14)9-13-17-7-8-21-13/h3-8,11H,2,9H2,1H3. The molecule has 0 amide bonds. The SMILES string of the molecule is CCC(Cl)c1nc2ccccc2c(=O)n1Cc1nccs1. The van der Waals surface area contributed by atoms with Crippen LogP contribution in [-0.4, -0.2) is 14.5 Å². The van der Waals surface area contributed by atoms with Crippen LogP contribution in [-0.2, 0) is 6.54 Å². The van der Waals surface area contributed by atoms with Gasteiger partial charge in [0.15, 0.2) is 0 Å². The van der Waals surface area contributed by atoms with Crippen molar-refractivity contribution in [3.05, 3.63) is 57.0 Å². The topological polar surface area (TPSA) is 47.8 Å². The predicted molar refractivity (Wildman–Crippen MR) is 86.1 cm³/mol. The number of fused-ring (bicyclic) bond motifs is 1. The molecule has 108 valence electrons. The third-order valence-corrected chi connectivity index (χ3v) is 4.57. The van der Waals surface area contributed by atoms with E-state index in [9.17, 15) is 4.79 Å². The zero-order chi connectivity index (χ0) is 14.8. The van der Waals surface area contributed by atoms with Crippen molar-refractivity contribution in [2.45, 2.75) is 25.3 Å². The molecule has 1 unspecified atom stereocenters. The highest BCUT2D eigenvalue weighted by atomic mass is 35.5. The van der Waals surface area contributed by atoms with Gasteiger partial charge in [-0.3, -0.25) is 9.36 Å². The number of alkyl halides is 1. The number of para-hydroxylation sites is 1. The van der Waals surface area contributed by atoms with Gasteiger partial charge in [-0.15, -0.1) is 22.9 Å². The summed E-state index contributed by atoms with van der Waals surface area (Å²) in [7, 11) is 0. The highest BCUT2D eigenvalue weighted by Gasteiger charge is 2.17. The number of hydrogen-bond donors (Lipinski definition) is 0. The van der Waals surface area contributed by atoms with Crippen LogP contribution in [0.4, 0.5) is 0 Å². The highest BCUT2D eigenvalue weighted by Crippen LogP contribution is 2.23. The van der Waals surface area contributed by atoms with E-state index in [0.717, 1.165) is 5.01 Å². The summed E-state index contributed by atoms with van der Waals surface area (Å²) < 4.78 is 1.64. The fourth-order valence-electron chi connectivity index (χ4n) is 2.23. The molecule has 0 radical (unpaired) electrons. The molecule has 3 aromatic rings. The first kappa shape index (κ1) is 14.2. The Hall–Kier alpha value is -1.72. The molecule has 0 aliphatic carbocycles. The second-order valence-corrected chi connectivity index (χ2v) is 6.19. The fraction of sp³-hybridized carbons (Fsp3) is 0.267. The van der Waals surface area contributed by atoms with Gasteiger partial charge >= 0.3 is 0 Å². The maximum atomic E-state index is 12.7. The van der Waals surface area contributed by atoms with Crippen LogP contribution in [0.3, 0.4) is 0 Å². The molecule has 0 aliphatic rings. The Morgan fingerprint density at radius 3 is 2.90 bits per heavy atom. The van der Waals surface area contributed by atoms with Gasteiger partial charge in [0.1, 0.15) is 10.8 Å². The van der Waals surface area contributed by atoms with Gasteiger partial charge in [-0.1, -0.05) is 19.1 Å². The molecule has 2 heterocycles. The van der Waals surface area contributed by atoms with Gasteiger partial charge in [-0.05, 0) is 18.6 Å². The summed E-state index contributed by atoms with van der Waals surface area (Å²) in [4.78, 5) is 21.6. The molecule has 4 nitrogen and oxygen atoms in total. The maximum Gasteiger partial charge on any atom is 0.261 e. The summed E-state index contributed by atoms with van der Waals surface area (Å²) >= 11 is 7.89. The molecular weight excluding hydrogens is 306 g/mol. The molecular formula is C15H14ClN3OS. The maximum absolute atomic E-state index is 12.7. The Bertz CT molecular complexity index is 813. The Morgan fingerprint density at radius 1 is 1.38 bits per heavy atom. The molecule has 2 aromatic heterocycles. The molecule has 0 fully saturated rings. The highest BCUT2D eigenvalue weighted by molar-refractivity contribution is 7.09. The molecule has 0 bridgehead atoms. The number of hydrogen-bond acceptors (Lipinski definition) is 4. The molecule has 6 heteroatoms. The lowest BCUT2D eigenvalue weighted by Gasteiger charge is -2.15. The quantitative estimate of drug-likeness (QED) is 0.690. The number of aromatic nitrogens is 3. The monoisotopic (exact) mass is 319 g/mol. The number of thiazole rings is 1. The van der Waals surface area contributed by atoms with Crippen molar-refractivity contribution in [2.24, 2.45) is 0 Å². The predicted octanol–water partition coefficient (Wildman–Crippen LogP) is 3.59. The van der Waals surface area contributed by atoms with Crippen molar-refractivity contribution in [3.63, 3.8) is 0 Å². The van der Waals surface area contributed by atoms with Crippen molar-refractivity contribution in [3.8, 4) is 0 Å². The van der Waals surface area contributed by atoms with Crippen molar-refractivity contribution < 1.29 is 0 Å². The van der Waals surface area contributed by atoms with Crippen molar-refractivity contribution in [2.75, 3.05) is 0 Å². The van der Waals surface area contributed by atoms with Gasteiger partial charge in [0.2, 0.25) is 0 Å². The summed E-state index contributed by atoms with van der Waals surface area (Å²) in [6.45, 7) is 2.39. The van der Waals surface area contributed by atoms with Gasteiger partial charge in [-0.25, -0.2) is 9.97 Å². The molecule has 0 aliphatic heterocycles. The first-order valence-corrected chi connectivity index (χ1v) is 8.04. The third-order valence-electron chi connectivity index (χ3n) is 3.31. The second kappa shape index (κ2) is 5.95. The third kappa shape index (κ3) is 2.71. The van der Waals surface area contributed by atoms with Gasteiger partial charge < -0.3 is 0 Å². The number of rotatable bonds is 4. The zero-order valence-corrected chi connectivity index (χ0v) is 13.1. The fourth-order valence-corrected chi connectivity index (χ4v) is 3.00. The largest absolute Gasteiger partial charge is 0.288 e. The van der Waals surface area contributed by atoms with E-state index in [4.69, 9.17) is 11.6 Å². The first-order valence-electron chi connectivity index (χ1n) is 6.72. The van der Waals surface area contributed by atoms with Crippen molar-refractivity contribution in [1.82, 2.24) is 14.5 Å². The van der Waals surface area contributed by atoms with Crippen LogP contribution in [0.25, 0.3) is 10.9 Å². The number of halogens is 1. The van der Waals surface area contributed by atoms with E-state index >= 15 is 0 Å². The lowest BCUT2D eigenvalue weighted by atomic mass is 10.2. The average molecular weight is 320 g/mol. The van der Waals surface area contributed by atoms with Crippen LogP contribution in [0, 0.1) is 0 Å². The van der Waals surface area contributed by atoms with E-state index in [2.05, 4.69) is 9.97 Å². The lowest BCUT2D eigenvalue weighted by molar-refractivity contribution is 0.651. The molecule has 1 aromatic carbocycles. The van der Waals surface area contributed by atoms with E-state index in [-0.39, 0.29) is 10.9 Å². The zero-order valence-electron chi connectivity index (χ0n) is 11.5. The summed E-state index contributed by atoms with van der Waals surface area (Å²) in [5.74, 6) is 0.609. The summed E-state index contributed by atoms with van der Waals surface area (Å²) in [6.07, 6.45) is 2.45. The van der Waals surface area contributed by atoms with Gasteiger partial charge in [0.05, 0.1) is 22.8 Å². The van der Waals surface area contributed by atoms with E-state index in [1.54, 1.807) is 16.8 Å². The summed E-state index contributed by atoms with van der Waals surface area (Å²) in [5, 5.41) is 3.09. The van der Waals surface area contributed by atoms with Gasteiger partial charge in [0, 0.05) is 11.6 Å². The van der Waals surface area contributed by atoms with Crippen LogP contribution in [0.5, 0.6) is 0 Å². The molecule has 0 spiro atoms. The Balaban J connectivity index is 2.23. The minimum absolute atomic E-state index is 0.0649. The van der Waals surface area contributed by atoms with Crippen LogP contribution in [0.2, 0.25) is 0 Å². The van der Waals surface area contributed by atoms with E-state index in [0.29, 0.717) is 29.7 Å². The number of nitrogens with zero attached hydrogens (tertiary/aromatic N) is 3. The van der Waals surface area contributed by atoms with E-state index in [1.807, 2.05) is 30.5 Å². The number of benzene rings is 1. The van der Waals surface area contributed by atoms with Crippen LogP contribution >= 0.6 is 22.9 Å². The normalized spacial score (nSPS) is 12.7. The Labute approximate surface area is 131 Å². The smallest absolute Gasteiger partial charge is 0.261 e. The molecule has 0 saturated carbocycles. The van der Waals surface area contributed by atoms with Crippen molar-refractivity contribution in [1.29, 1.82) is 0 Å². The molecule has 0 N–H and O–H groups in total. The van der Waals surface area contributed by atoms with E-state index < -0.39 is 0 Å². The summed E-state index contributed by atoms with van der Waals surface area (Å²) in [6, 6.07) is 7.35. The Kier molecular flexibility index (Phi) is 4.03. The molecule has 3 rings (SSSR count). The van der Waals surface area contributed by atoms with Gasteiger partial charge in [0.25, 0.3) is 5.56 Å². The van der Waals surface area contributed by atoms with E-state index in [1.165, 1.54) is 11.3 Å². The minimum atomic E-state index is -0.290. The molecule has 0 saturated heterocycles. The van der Waals surface area contributed by atoms with Crippen LogP contribution in [0.15, 0.2) is 40.6 Å². The first-order chi connectivity index (χ1) is 10.2. The van der Waals surface area contributed by atoms with Crippen LogP contribution < -0.4 is 5.56 Å².